The number of nitrogens with two attached hydrogens (primary N) is 1. The van der Waals surface area contributed by atoms with Crippen molar-refractivity contribution in [2.45, 2.75) is 32.8 Å². The maximum Gasteiger partial charge on any atom is 0.311 e. The lowest BCUT2D eigenvalue weighted by atomic mass is 9.97. The van der Waals surface area contributed by atoms with Gasteiger partial charge in [0.05, 0.1) is 5.92 Å². The van der Waals surface area contributed by atoms with Crippen LogP contribution in [0.15, 0.2) is 54.6 Å². The summed E-state index contributed by atoms with van der Waals surface area (Å²) in [5.74, 6) is -0.538. The Hall–Kier alpha value is -2.13. The smallest absolute Gasteiger partial charge is 0.311 e. The van der Waals surface area contributed by atoms with Crippen molar-refractivity contribution in [3.63, 3.8) is 0 Å². The molecule has 122 valence electrons. The molecule has 2 aromatic carbocycles. The molecular weight excluding hydrogens is 286 g/mol. The molecule has 0 saturated heterocycles. The summed E-state index contributed by atoms with van der Waals surface area (Å²) in [4.78, 5) is 12.2. The van der Waals surface area contributed by atoms with Gasteiger partial charge >= 0.3 is 5.97 Å². The van der Waals surface area contributed by atoms with E-state index in [1.54, 1.807) is 0 Å². The van der Waals surface area contributed by atoms with Gasteiger partial charge in [-0.2, -0.15) is 0 Å². The number of esters is 1. The minimum absolute atomic E-state index is 0.230. The SMILES string of the molecule is CC(C)(C)OC(=O)C(CN)Cc1ccc(-c2ccccc2)cc1. The minimum Gasteiger partial charge on any atom is -0.460 e. The lowest BCUT2D eigenvalue weighted by Crippen LogP contribution is -2.33. The number of carbonyl (C=O) groups excluding carboxylic acids is 1. The molecule has 0 bridgehead atoms. The van der Waals surface area contributed by atoms with E-state index in [4.69, 9.17) is 10.5 Å². The van der Waals surface area contributed by atoms with Gasteiger partial charge in [0.15, 0.2) is 0 Å². The fourth-order valence-electron chi connectivity index (χ4n) is 2.40. The van der Waals surface area contributed by atoms with E-state index in [0.29, 0.717) is 6.42 Å². The average Bonchev–Trinajstić information content (AvgIpc) is 2.52. The summed E-state index contributed by atoms with van der Waals surface area (Å²) < 4.78 is 5.44. The van der Waals surface area contributed by atoms with E-state index in [-0.39, 0.29) is 18.4 Å². The lowest BCUT2D eigenvalue weighted by Gasteiger charge is -2.23. The normalized spacial score (nSPS) is 12.7. The zero-order chi connectivity index (χ0) is 16.9. The first-order chi connectivity index (χ1) is 10.9. The highest BCUT2D eigenvalue weighted by Gasteiger charge is 2.24. The van der Waals surface area contributed by atoms with Crippen molar-refractivity contribution in [3.05, 3.63) is 60.2 Å². The summed E-state index contributed by atoms with van der Waals surface area (Å²) in [5, 5.41) is 0. The molecule has 2 rings (SSSR count). The van der Waals surface area contributed by atoms with E-state index in [1.807, 2.05) is 39.0 Å². The Morgan fingerprint density at radius 2 is 1.57 bits per heavy atom. The van der Waals surface area contributed by atoms with Gasteiger partial charge < -0.3 is 10.5 Å². The van der Waals surface area contributed by atoms with Crippen LogP contribution in [0.25, 0.3) is 11.1 Å². The average molecular weight is 311 g/mol. The Labute approximate surface area is 138 Å². The topological polar surface area (TPSA) is 52.3 Å². The molecular formula is C20H25NO2. The van der Waals surface area contributed by atoms with E-state index < -0.39 is 5.60 Å². The van der Waals surface area contributed by atoms with E-state index in [0.717, 1.165) is 11.1 Å². The molecule has 0 spiro atoms. The minimum atomic E-state index is -0.484. The summed E-state index contributed by atoms with van der Waals surface area (Å²) in [7, 11) is 0. The first-order valence-corrected chi connectivity index (χ1v) is 7.96. The van der Waals surface area contributed by atoms with Crippen LogP contribution in [-0.4, -0.2) is 18.1 Å². The van der Waals surface area contributed by atoms with Gasteiger partial charge in [0.2, 0.25) is 0 Å². The van der Waals surface area contributed by atoms with E-state index >= 15 is 0 Å². The number of hydrogen-bond acceptors (Lipinski definition) is 3. The Morgan fingerprint density at radius 1 is 1.00 bits per heavy atom. The number of benzene rings is 2. The summed E-state index contributed by atoms with van der Waals surface area (Å²) in [5.41, 5.74) is 8.71. The Balaban J connectivity index is 2.06. The van der Waals surface area contributed by atoms with E-state index in [1.165, 1.54) is 5.56 Å². The molecule has 0 fully saturated rings. The first-order valence-electron chi connectivity index (χ1n) is 7.96. The predicted octanol–water partition coefficient (Wildman–Crippen LogP) is 3.81. The molecule has 0 saturated carbocycles. The van der Waals surface area contributed by atoms with Gasteiger partial charge in [-0.3, -0.25) is 4.79 Å². The van der Waals surface area contributed by atoms with Gasteiger partial charge in [0.25, 0.3) is 0 Å². The highest BCUT2D eigenvalue weighted by Crippen LogP contribution is 2.21. The Morgan fingerprint density at radius 3 is 2.09 bits per heavy atom. The molecule has 0 heterocycles. The van der Waals surface area contributed by atoms with Crippen LogP contribution in [-0.2, 0) is 16.0 Å². The van der Waals surface area contributed by atoms with Crippen LogP contribution in [0.2, 0.25) is 0 Å². The second-order valence-corrected chi connectivity index (χ2v) is 6.73. The summed E-state index contributed by atoms with van der Waals surface area (Å²) in [6.07, 6.45) is 0.598. The predicted molar refractivity (Wildman–Crippen MR) is 94.0 cm³/mol. The lowest BCUT2D eigenvalue weighted by molar-refractivity contribution is -0.159. The number of carbonyl (C=O) groups is 1. The van der Waals surface area contributed by atoms with Crippen LogP contribution in [0.1, 0.15) is 26.3 Å². The fourth-order valence-corrected chi connectivity index (χ4v) is 2.40. The van der Waals surface area contributed by atoms with E-state index in [9.17, 15) is 4.79 Å². The largest absolute Gasteiger partial charge is 0.460 e. The second-order valence-electron chi connectivity index (χ2n) is 6.73. The number of hydrogen-bond donors (Lipinski definition) is 1. The van der Waals surface area contributed by atoms with Crippen LogP contribution in [0.4, 0.5) is 0 Å². The quantitative estimate of drug-likeness (QED) is 0.854. The molecule has 0 aliphatic rings. The monoisotopic (exact) mass is 311 g/mol. The molecule has 3 nitrogen and oxygen atoms in total. The van der Waals surface area contributed by atoms with Gasteiger partial charge in [0, 0.05) is 6.54 Å². The van der Waals surface area contributed by atoms with E-state index in [2.05, 4.69) is 36.4 Å². The van der Waals surface area contributed by atoms with Crippen LogP contribution in [0.3, 0.4) is 0 Å². The van der Waals surface area contributed by atoms with Crippen LogP contribution < -0.4 is 5.73 Å². The molecule has 0 amide bonds. The van der Waals surface area contributed by atoms with Crippen LogP contribution in [0, 0.1) is 5.92 Å². The van der Waals surface area contributed by atoms with Gasteiger partial charge in [0.1, 0.15) is 5.60 Å². The Bertz CT molecular complexity index is 627. The number of ether oxygens (including phenoxy) is 1. The van der Waals surface area contributed by atoms with Gasteiger partial charge in [-0.15, -0.1) is 0 Å². The molecule has 0 radical (unpaired) electrons. The summed E-state index contributed by atoms with van der Waals surface area (Å²) >= 11 is 0. The summed E-state index contributed by atoms with van der Waals surface area (Å²) in [6.45, 7) is 5.89. The third-order valence-electron chi connectivity index (χ3n) is 3.57. The highest BCUT2D eigenvalue weighted by molar-refractivity contribution is 5.73. The van der Waals surface area contributed by atoms with Gasteiger partial charge in [-0.1, -0.05) is 54.6 Å². The van der Waals surface area contributed by atoms with Crippen molar-refractivity contribution >= 4 is 5.97 Å². The molecule has 3 heteroatoms. The summed E-state index contributed by atoms with van der Waals surface area (Å²) in [6, 6.07) is 18.5. The standard InChI is InChI=1S/C20H25NO2/c1-20(2,3)23-19(22)18(14-21)13-15-9-11-17(12-10-15)16-7-5-4-6-8-16/h4-12,18H,13-14,21H2,1-3H3. The molecule has 1 unspecified atom stereocenters. The van der Waals surface area contributed by atoms with Crippen molar-refractivity contribution in [2.24, 2.45) is 11.7 Å². The number of rotatable bonds is 5. The van der Waals surface area contributed by atoms with Crippen molar-refractivity contribution in [1.29, 1.82) is 0 Å². The van der Waals surface area contributed by atoms with Gasteiger partial charge in [-0.05, 0) is 43.9 Å². The second kappa shape index (κ2) is 7.42. The maximum absolute atomic E-state index is 12.2. The van der Waals surface area contributed by atoms with Crippen molar-refractivity contribution in [3.8, 4) is 11.1 Å². The maximum atomic E-state index is 12.2. The van der Waals surface area contributed by atoms with Crippen LogP contribution in [0.5, 0.6) is 0 Å². The molecule has 0 aliphatic carbocycles. The molecule has 1 atom stereocenters. The van der Waals surface area contributed by atoms with Crippen molar-refractivity contribution in [1.82, 2.24) is 0 Å². The van der Waals surface area contributed by atoms with Crippen molar-refractivity contribution < 1.29 is 9.53 Å². The zero-order valence-corrected chi connectivity index (χ0v) is 14.1. The van der Waals surface area contributed by atoms with Crippen molar-refractivity contribution in [2.75, 3.05) is 6.54 Å². The molecule has 2 N–H and O–H groups in total. The third-order valence-corrected chi connectivity index (χ3v) is 3.57. The molecule has 23 heavy (non-hydrogen) atoms. The highest BCUT2D eigenvalue weighted by atomic mass is 16.6. The first kappa shape index (κ1) is 17.2. The fraction of sp³-hybridized carbons (Fsp3) is 0.350. The third kappa shape index (κ3) is 5.22. The molecule has 2 aromatic rings. The molecule has 0 aromatic heterocycles. The Kier molecular flexibility index (Phi) is 5.56. The zero-order valence-electron chi connectivity index (χ0n) is 14.1. The van der Waals surface area contributed by atoms with Gasteiger partial charge in [-0.25, -0.2) is 0 Å². The van der Waals surface area contributed by atoms with Crippen LogP contribution >= 0.6 is 0 Å². The molecule has 0 aliphatic heterocycles.